The van der Waals surface area contributed by atoms with E-state index in [9.17, 15) is 0 Å². The molecule has 0 radical (unpaired) electrons. The van der Waals surface area contributed by atoms with Crippen molar-refractivity contribution in [3.63, 3.8) is 0 Å². The predicted molar refractivity (Wildman–Crippen MR) is 81.4 cm³/mol. The normalized spacial score (nSPS) is 12.4. The maximum absolute atomic E-state index is 5.89. The number of unbranched alkanes of at least 4 members (excludes halogenated alkanes) is 3. The number of ether oxygens (including phenoxy) is 1. The Labute approximate surface area is 117 Å². The zero-order valence-corrected chi connectivity index (χ0v) is 12.6. The van der Waals surface area contributed by atoms with Crippen LogP contribution in [-0.4, -0.2) is 17.6 Å². The first-order valence-corrected chi connectivity index (χ1v) is 7.56. The van der Waals surface area contributed by atoms with Crippen molar-refractivity contribution in [3.05, 3.63) is 23.9 Å². The van der Waals surface area contributed by atoms with Crippen LogP contribution in [0.4, 0.5) is 5.82 Å². The molecule has 1 unspecified atom stereocenters. The van der Waals surface area contributed by atoms with Crippen LogP contribution in [0, 0.1) is 0 Å². The van der Waals surface area contributed by atoms with E-state index >= 15 is 0 Å². The molecule has 0 bridgehead atoms. The lowest BCUT2D eigenvalue weighted by Crippen LogP contribution is -2.08. The maximum Gasteiger partial charge on any atom is 0.126 e. The Bertz CT molecular complexity index is 341. The van der Waals surface area contributed by atoms with E-state index in [-0.39, 0.29) is 0 Å². The van der Waals surface area contributed by atoms with E-state index in [1.165, 1.54) is 31.2 Å². The van der Waals surface area contributed by atoms with Crippen LogP contribution < -0.4 is 5.32 Å². The molecule has 0 spiro atoms. The molecule has 1 N–H and O–H groups in total. The lowest BCUT2D eigenvalue weighted by molar-refractivity contribution is 0.0459. The van der Waals surface area contributed by atoms with Gasteiger partial charge in [-0.3, -0.25) is 0 Å². The third kappa shape index (κ3) is 7.16. The van der Waals surface area contributed by atoms with Gasteiger partial charge in [0.15, 0.2) is 0 Å². The fourth-order valence-electron chi connectivity index (χ4n) is 2.02. The van der Waals surface area contributed by atoms with Gasteiger partial charge >= 0.3 is 0 Å². The van der Waals surface area contributed by atoms with E-state index in [0.29, 0.717) is 12.7 Å². The molecule has 3 heteroatoms. The molecule has 0 aliphatic heterocycles. The number of hydrogen-bond acceptors (Lipinski definition) is 3. The summed E-state index contributed by atoms with van der Waals surface area (Å²) >= 11 is 0. The predicted octanol–water partition coefficient (Wildman–Crippen LogP) is 4.39. The van der Waals surface area contributed by atoms with Gasteiger partial charge < -0.3 is 10.1 Å². The zero-order chi connectivity index (χ0) is 13.9. The third-order valence-electron chi connectivity index (χ3n) is 3.18. The summed E-state index contributed by atoms with van der Waals surface area (Å²) in [4.78, 5) is 4.26. The van der Waals surface area contributed by atoms with Crippen molar-refractivity contribution >= 4 is 5.82 Å². The topological polar surface area (TPSA) is 34.1 Å². The number of aromatic nitrogens is 1. The Kier molecular flexibility index (Phi) is 8.23. The van der Waals surface area contributed by atoms with Gasteiger partial charge in [0.25, 0.3) is 0 Å². The van der Waals surface area contributed by atoms with Gasteiger partial charge in [-0.15, -0.1) is 0 Å². The molecule has 0 aliphatic rings. The lowest BCUT2D eigenvalue weighted by Gasteiger charge is -2.13. The van der Waals surface area contributed by atoms with E-state index in [4.69, 9.17) is 4.74 Å². The van der Waals surface area contributed by atoms with Gasteiger partial charge in [-0.1, -0.05) is 32.6 Å². The van der Waals surface area contributed by atoms with E-state index in [1.807, 2.05) is 12.3 Å². The number of nitrogens with one attached hydrogen (secondary N) is 1. The maximum atomic E-state index is 5.89. The summed E-state index contributed by atoms with van der Waals surface area (Å²) in [6.45, 7) is 8.05. The second-order valence-corrected chi connectivity index (χ2v) is 5.05. The molecule has 0 saturated heterocycles. The molecule has 3 nitrogen and oxygen atoms in total. The summed E-state index contributed by atoms with van der Waals surface area (Å²) in [5.74, 6) is 0.930. The van der Waals surface area contributed by atoms with Crippen molar-refractivity contribution in [1.29, 1.82) is 0 Å². The van der Waals surface area contributed by atoms with E-state index in [0.717, 1.165) is 18.8 Å². The second kappa shape index (κ2) is 9.79. The first-order valence-electron chi connectivity index (χ1n) is 7.56. The minimum atomic E-state index is 0.340. The molecule has 0 aromatic carbocycles. The van der Waals surface area contributed by atoms with Gasteiger partial charge in [0.2, 0.25) is 0 Å². The molecular weight excluding hydrogens is 236 g/mol. The first-order chi connectivity index (χ1) is 9.26. The summed E-state index contributed by atoms with van der Waals surface area (Å²) < 4.78 is 5.89. The van der Waals surface area contributed by atoms with Crippen LogP contribution >= 0.6 is 0 Å². The van der Waals surface area contributed by atoms with Crippen LogP contribution in [-0.2, 0) is 11.3 Å². The molecule has 1 aromatic rings. The molecule has 1 atom stereocenters. The molecule has 0 fully saturated rings. The van der Waals surface area contributed by atoms with E-state index < -0.39 is 0 Å². The molecule has 1 rings (SSSR count). The van der Waals surface area contributed by atoms with E-state index in [2.05, 4.69) is 37.1 Å². The third-order valence-corrected chi connectivity index (χ3v) is 3.18. The Morgan fingerprint density at radius 2 is 2.11 bits per heavy atom. The molecule has 0 amide bonds. The summed E-state index contributed by atoms with van der Waals surface area (Å²) in [7, 11) is 0. The fraction of sp³-hybridized carbons (Fsp3) is 0.688. The minimum absolute atomic E-state index is 0.340. The fourth-order valence-corrected chi connectivity index (χ4v) is 2.02. The van der Waals surface area contributed by atoms with Gasteiger partial charge in [-0.25, -0.2) is 4.98 Å². The summed E-state index contributed by atoms with van der Waals surface area (Å²) in [5.41, 5.74) is 1.19. The van der Waals surface area contributed by atoms with Gasteiger partial charge in [-0.05, 0) is 38.0 Å². The molecule has 0 saturated carbocycles. The number of anilines is 1. The Hall–Kier alpha value is -1.09. The standard InChI is InChI=1S/C16H28N2O/c1-4-6-7-8-9-14(3)19-13-15-10-11-18-16(12-15)17-5-2/h10-12,14H,4-9,13H2,1-3H3,(H,17,18). The average molecular weight is 264 g/mol. The number of hydrogen-bond donors (Lipinski definition) is 1. The number of rotatable bonds is 10. The van der Waals surface area contributed by atoms with Crippen molar-refractivity contribution in [2.45, 2.75) is 65.6 Å². The van der Waals surface area contributed by atoms with Crippen LogP contribution in [0.2, 0.25) is 0 Å². The first kappa shape index (κ1) is 16.0. The van der Waals surface area contributed by atoms with Gasteiger partial charge in [0.05, 0.1) is 12.7 Å². The Morgan fingerprint density at radius 3 is 2.84 bits per heavy atom. The molecule has 0 aliphatic carbocycles. The monoisotopic (exact) mass is 264 g/mol. The minimum Gasteiger partial charge on any atom is -0.374 e. The highest BCUT2D eigenvalue weighted by atomic mass is 16.5. The Morgan fingerprint density at radius 1 is 1.26 bits per heavy atom. The number of nitrogens with zero attached hydrogens (tertiary/aromatic N) is 1. The summed E-state index contributed by atoms with van der Waals surface area (Å²) in [6.07, 6.45) is 8.56. The quantitative estimate of drug-likeness (QED) is 0.636. The van der Waals surface area contributed by atoms with E-state index in [1.54, 1.807) is 0 Å². The SMILES string of the molecule is CCCCCCC(C)OCc1ccnc(NCC)c1. The second-order valence-electron chi connectivity index (χ2n) is 5.05. The average Bonchev–Trinajstić information content (AvgIpc) is 2.42. The molecule has 108 valence electrons. The molecule has 19 heavy (non-hydrogen) atoms. The van der Waals surface area contributed by atoms with Crippen molar-refractivity contribution in [2.75, 3.05) is 11.9 Å². The van der Waals surface area contributed by atoms with Crippen LogP contribution in [0.5, 0.6) is 0 Å². The largest absolute Gasteiger partial charge is 0.374 e. The van der Waals surface area contributed by atoms with Crippen molar-refractivity contribution < 1.29 is 4.74 Å². The highest BCUT2D eigenvalue weighted by Gasteiger charge is 2.03. The van der Waals surface area contributed by atoms with Crippen molar-refractivity contribution in [2.24, 2.45) is 0 Å². The molecule has 1 heterocycles. The van der Waals surface area contributed by atoms with Crippen LogP contribution in [0.3, 0.4) is 0 Å². The lowest BCUT2D eigenvalue weighted by atomic mass is 10.1. The van der Waals surface area contributed by atoms with Crippen molar-refractivity contribution in [3.8, 4) is 0 Å². The number of pyridine rings is 1. The summed E-state index contributed by atoms with van der Waals surface area (Å²) in [5, 5.41) is 3.22. The zero-order valence-electron chi connectivity index (χ0n) is 12.6. The highest BCUT2D eigenvalue weighted by Crippen LogP contribution is 2.12. The molecular formula is C16H28N2O. The van der Waals surface area contributed by atoms with Crippen LogP contribution in [0.1, 0.15) is 58.4 Å². The van der Waals surface area contributed by atoms with Gasteiger partial charge in [0.1, 0.15) is 5.82 Å². The Balaban J connectivity index is 2.25. The van der Waals surface area contributed by atoms with Crippen molar-refractivity contribution in [1.82, 2.24) is 4.98 Å². The van der Waals surface area contributed by atoms with Crippen LogP contribution in [0.25, 0.3) is 0 Å². The van der Waals surface area contributed by atoms with Crippen LogP contribution in [0.15, 0.2) is 18.3 Å². The summed E-state index contributed by atoms with van der Waals surface area (Å²) in [6, 6.07) is 4.08. The van der Waals surface area contributed by atoms with Gasteiger partial charge in [-0.2, -0.15) is 0 Å². The highest BCUT2D eigenvalue weighted by molar-refractivity contribution is 5.36. The molecule has 1 aromatic heterocycles. The smallest absolute Gasteiger partial charge is 0.126 e. The van der Waals surface area contributed by atoms with Gasteiger partial charge in [0, 0.05) is 12.7 Å².